The Hall–Kier alpha value is -3.29. The standard InChI is InChI=1S/C19H24N6O2/c1-25(2)18(27)12-24-19-22-10-15(11-23-19)14-5-3-4-13(8-14)6-7-16(26)9-17(20)21/h3-5,8,10-11H,6-7,9,12H2,1-2H3,(H3,20,21)(H,22,23,24). The summed E-state index contributed by atoms with van der Waals surface area (Å²) in [6.07, 6.45) is 4.32. The molecule has 142 valence electrons. The third-order valence-corrected chi connectivity index (χ3v) is 3.89. The first-order valence-corrected chi connectivity index (χ1v) is 8.55. The van der Waals surface area contributed by atoms with E-state index in [1.54, 1.807) is 26.5 Å². The first-order chi connectivity index (χ1) is 12.8. The molecule has 0 atom stereocenters. The van der Waals surface area contributed by atoms with Crippen LogP contribution in [0, 0.1) is 5.41 Å². The number of nitrogens with one attached hydrogen (secondary N) is 2. The molecule has 27 heavy (non-hydrogen) atoms. The van der Waals surface area contributed by atoms with Crippen molar-refractivity contribution in [1.29, 1.82) is 5.41 Å². The van der Waals surface area contributed by atoms with E-state index in [2.05, 4.69) is 15.3 Å². The summed E-state index contributed by atoms with van der Waals surface area (Å²) in [5, 5.41) is 10.0. The monoisotopic (exact) mass is 368 g/mol. The summed E-state index contributed by atoms with van der Waals surface area (Å²) in [6, 6.07) is 7.81. The third-order valence-electron chi connectivity index (χ3n) is 3.89. The lowest BCUT2D eigenvalue weighted by Gasteiger charge is -2.11. The van der Waals surface area contributed by atoms with E-state index in [9.17, 15) is 9.59 Å². The van der Waals surface area contributed by atoms with Crippen LogP contribution in [-0.4, -0.2) is 53.0 Å². The zero-order chi connectivity index (χ0) is 19.8. The number of ketones is 1. The van der Waals surface area contributed by atoms with Gasteiger partial charge in [0.2, 0.25) is 11.9 Å². The van der Waals surface area contributed by atoms with Gasteiger partial charge < -0.3 is 16.0 Å². The summed E-state index contributed by atoms with van der Waals surface area (Å²) < 4.78 is 0. The zero-order valence-corrected chi connectivity index (χ0v) is 15.5. The molecule has 8 heteroatoms. The first-order valence-electron chi connectivity index (χ1n) is 8.55. The van der Waals surface area contributed by atoms with Crippen LogP contribution in [0.3, 0.4) is 0 Å². The Morgan fingerprint density at radius 1 is 1.19 bits per heavy atom. The van der Waals surface area contributed by atoms with E-state index < -0.39 is 0 Å². The predicted octanol–water partition coefficient (Wildman–Crippen LogP) is 1.47. The maximum atomic E-state index is 11.7. The van der Waals surface area contributed by atoms with Crippen LogP contribution in [0.15, 0.2) is 36.7 Å². The van der Waals surface area contributed by atoms with Crippen LogP contribution in [0.2, 0.25) is 0 Å². The molecule has 0 unspecified atom stereocenters. The minimum Gasteiger partial charge on any atom is -0.387 e. The van der Waals surface area contributed by atoms with E-state index in [1.165, 1.54) is 4.90 Å². The van der Waals surface area contributed by atoms with Gasteiger partial charge in [0, 0.05) is 38.5 Å². The van der Waals surface area contributed by atoms with Crippen LogP contribution in [0.4, 0.5) is 5.95 Å². The van der Waals surface area contributed by atoms with Gasteiger partial charge in [-0.25, -0.2) is 9.97 Å². The van der Waals surface area contributed by atoms with Crippen molar-refractivity contribution in [3.8, 4) is 11.1 Å². The molecule has 0 fully saturated rings. The molecular formula is C19H24N6O2. The third kappa shape index (κ3) is 6.50. The lowest BCUT2D eigenvalue weighted by Crippen LogP contribution is -2.29. The molecule has 4 N–H and O–H groups in total. The Labute approximate surface area is 158 Å². The summed E-state index contributed by atoms with van der Waals surface area (Å²) in [5.41, 5.74) is 8.06. The summed E-state index contributed by atoms with van der Waals surface area (Å²) >= 11 is 0. The van der Waals surface area contributed by atoms with Gasteiger partial charge in [-0.2, -0.15) is 0 Å². The van der Waals surface area contributed by atoms with Gasteiger partial charge >= 0.3 is 0 Å². The maximum Gasteiger partial charge on any atom is 0.241 e. The number of nitrogens with two attached hydrogens (primary N) is 1. The molecule has 0 saturated heterocycles. The van der Waals surface area contributed by atoms with Crippen molar-refractivity contribution >= 4 is 23.5 Å². The van der Waals surface area contributed by atoms with Crippen molar-refractivity contribution in [3.63, 3.8) is 0 Å². The number of carbonyl (C=O) groups is 2. The van der Waals surface area contributed by atoms with Gasteiger partial charge in [0.1, 0.15) is 5.78 Å². The molecule has 0 spiro atoms. The lowest BCUT2D eigenvalue weighted by molar-refractivity contribution is -0.126. The van der Waals surface area contributed by atoms with E-state index in [0.717, 1.165) is 16.7 Å². The highest BCUT2D eigenvalue weighted by molar-refractivity contribution is 5.98. The van der Waals surface area contributed by atoms with Gasteiger partial charge in [0.15, 0.2) is 0 Å². The van der Waals surface area contributed by atoms with Crippen LogP contribution in [-0.2, 0) is 16.0 Å². The highest BCUT2D eigenvalue weighted by atomic mass is 16.2. The minimum absolute atomic E-state index is 0.00167. The SMILES string of the molecule is CN(C)C(=O)CNc1ncc(-c2cccc(CCC(=O)CC(=N)N)c2)cn1. The average molecular weight is 368 g/mol. The van der Waals surface area contributed by atoms with Gasteiger partial charge in [-0.1, -0.05) is 24.3 Å². The fourth-order valence-corrected chi connectivity index (χ4v) is 2.37. The Bertz CT molecular complexity index is 817. The second-order valence-corrected chi connectivity index (χ2v) is 6.38. The Kier molecular flexibility index (Phi) is 6.99. The number of Topliss-reactive ketones (excluding diaryl/α,β-unsaturated/α-hetero) is 1. The molecule has 0 saturated carbocycles. The summed E-state index contributed by atoms with van der Waals surface area (Å²) in [7, 11) is 3.38. The molecule has 2 rings (SSSR count). The molecule has 0 bridgehead atoms. The molecule has 0 radical (unpaired) electrons. The van der Waals surface area contributed by atoms with Crippen LogP contribution < -0.4 is 11.1 Å². The van der Waals surface area contributed by atoms with Gasteiger partial charge in [-0.05, 0) is 17.5 Å². The van der Waals surface area contributed by atoms with E-state index in [0.29, 0.717) is 18.8 Å². The quantitative estimate of drug-likeness (QED) is 0.455. The molecule has 1 heterocycles. The number of anilines is 1. The average Bonchev–Trinajstić information content (AvgIpc) is 2.64. The van der Waals surface area contributed by atoms with Crippen molar-refractivity contribution in [1.82, 2.24) is 14.9 Å². The number of amides is 1. The number of aryl methyl sites for hydroxylation is 1. The van der Waals surface area contributed by atoms with Crippen molar-refractivity contribution < 1.29 is 9.59 Å². The summed E-state index contributed by atoms with van der Waals surface area (Å²) in [6.45, 7) is 0.135. The lowest BCUT2D eigenvalue weighted by atomic mass is 10.0. The van der Waals surface area contributed by atoms with Gasteiger partial charge in [-0.3, -0.25) is 15.0 Å². The number of aromatic nitrogens is 2. The van der Waals surface area contributed by atoms with Crippen LogP contribution in [0.5, 0.6) is 0 Å². The minimum atomic E-state index is -0.105. The topological polar surface area (TPSA) is 125 Å². The van der Waals surface area contributed by atoms with Crippen molar-refractivity contribution in [2.75, 3.05) is 26.0 Å². The Morgan fingerprint density at radius 2 is 1.89 bits per heavy atom. The zero-order valence-electron chi connectivity index (χ0n) is 15.5. The van der Waals surface area contributed by atoms with Crippen LogP contribution >= 0.6 is 0 Å². The largest absolute Gasteiger partial charge is 0.387 e. The second kappa shape index (κ2) is 9.42. The molecule has 0 aliphatic heterocycles. The van der Waals surface area contributed by atoms with Crippen molar-refractivity contribution in [3.05, 3.63) is 42.2 Å². The van der Waals surface area contributed by atoms with Gasteiger partial charge in [0.25, 0.3) is 0 Å². The molecule has 8 nitrogen and oxygen atoms in total. The number of rotatable bonds is 9. The number of nitrogens with zero attached hydrogens (tertiary/aromatic N) is 3. The first kappa shape index (κ1) is 20.0. The fourth-order valence-electron chi connectivity index (χ4n) is 2.37. The second-order valence-electron chi connectivity index (χ2n) is 6.38. The Morgan fingerprint density at radius 3 is 2.52 bits per heavy atom. The Balaban J connectivity index is 1.98. The molecule has 1 aromatic heterocycles. The van der Waals surface area contributed by atoms with Crippen LogP contribution in [0.25, 0.3) is 11.1 Å². The molecule has 0 aliphatic rings. The van der Waals surface area contributed by atoms with E-state index >= 15 is 0 Å². The normalized spacial score (nSPS) is 10.3. The van der Waals surface area contributed by atoms with Gasteiger partial charge in [-0.15, -0.1) is 0 Å². The van der Waals surface area contributed by atoms with E-state index in [-0.39, 0.29) is 30.5 Å². The molecule has 2 aromatic rings. The number of likely N-dealkylation sites (N-methyl/N-ethyl adjacent to an activating group) is 1. The van der Waals surface area contributed by atoms with Crippen molar-refractivity contribution in [2.24, 2.45) is 5.73 Å². The maximum absolute atomic E-state index is 11.7. The summed E-state index contributed by atoms with van der Waals surface area (Å²) in [4.78, 5) is 33.2. The molecular weight excluding hydrogens is 344 g/mol. The van der Waals surface area contributed by atoms with E-state index in [1.807, 2.05) is 24.3 Å². The number of hydrogen-bond acceptors (Lipinski definition) is 6. The van der Waals surface area contributed by atoms with E-state index in [4.69, 9.17) is 11.1 Å². The number of amidine groups is 1. The van der Waals surface area contributed by atoms with Gasteiger partial charge in [0.05, 0.1) is 18.8 Å². The number of hydrogen-bond donors (Lipinski definition) is 3. The number of benzene rings is 1. The molecule has 0 aliphatic carbocycles. The highest BCUT2D eigenvalue weighted by Crippen LogP contribution is 2.20. The van der Waals surface area contributed by atoms with Crippen molar-refractivity contribution in [2.45, 2.75) is 19.3 Å². The smallest absolute Gasteiger partial charge is 0.241 e. The molecule has 1 aromatic carbocycles. The molecule has 1 amide bonds. The highest BCUT2D eigenvalue weighted by Gasteiger charge is 2.07. The fraction of sp³-hybridized carbons (Fsp3) is 0.316. The number of carbonyl (C=O) groups excluding carboxylic acids is 2. The predicted molar refractivity (Wildman–Crippen MR) is 105 cm³/mol. The van der Waals surface area contributed by atoms with Crippen LogP contribution in [0.1, 0.15) is 18.4 Å². The summed E-state index contributed by atoms with van der Waals surface area (Å²) in [5.74, 6) is 0.181.